The van der Waals surface area contributed by atoms with Gasteiger partial charge < -0.3 is 10.1 Å². The Labute approximate surface area is 137 Å². The van der Waals surface area contributed by atoms with Crippen LogP contribution in [0.3, 0.4) is 0 Å². The predicted molar refractivity (Wildman–Crippen MR) is 89.0 cm³/mol. The van der Waals surface area contributed by atoms with Crippen LogP contribution in [-0.2, 0) is 14.8 Å². The van der Waals surface area contributed by atoms with Gasteiger partial charge in [0.2, 0.25) is 10.0 Å². The van der Waals surface area contributed by atoms with Crippen molar-refractivity contribution in [2.24, 2.45) is 5.92 Å². The minimum absolute atomic E-state index is 0.0299. The summed E-state index contributed by atoms with van der Waals surface area (Å²) in [6.07, 6.45) is 0. The van der Waals surface area contributed by atoms with Crippen molar-refractivity contribution in [2.45, 2.75) is 19.9 Å². The highest BCUT2D eigenvalue weighted by molar-refractivity contribution is 7.89. The van der Waals surface area contributed by atoms with Gasteiger partial charge in [-0.25, -0.2) is 12.7 Å². The lowest BCUT2D eigenvalue weighted by atomic mass is 10.0. The summed E-state index contributed by atoms with van der Waals surface area (Å²) in [4.78, 5) is 12.4. The van der Waals surface area contributed by atoms with E-state index in [4.69, 9.17) is 4.74 Å². The molecule has 0 unspecified atom stereocenters. The highest BCUT2D eigenvalue weighted by Gasteiger charge is 2.34. The molecule has 1 fully saturated rings. The van der Waals surface area contributed by atoms with Gasteiger partial charge >= 0.3 is 0 Å². The largest absolute Gasteiger partial charge is 0.379 e. The van der Waals surface area contributed by atoms with Crippen LogP contribution in [0.1, 0.15) is 21.5 Å². The number of amides is 1. The fourth-order valence-electron chi connectivity index (χ4n) is 2.48. The lowest BCUT2D eigenvalue weighted by Gasteiger charge is -2.21. The molecule has 1 amide bonds. The zero-order chi connectivity index (χ0) is 17.2. The smallest absolute Gasteiger partial charge is 0.251 e. The quantitative estimate of drug-likeness (QED) is 0.865. The summed E-state index contributed by atoms with van der Waals surface area (Å²) in [6.45, 7) is 4.62. The first-order valence-electron chi connectivity index (χ1n) is 7.57. The van der Waals surface area contributed by atoms with Crippen molar-refractivity contribution in [3.63, 3.8) is 0 Å². The summed E-state index contributed by atoms with van der Waals surface area (Å²) in [6, 6.07) is 5.23. The molecule has 1 aliphatic heterocycles. The Kier molecular flexibility index (Phi) is 5.44. The number of aryl methyl sites for hydroxylation is 2. The molecular formula is C16H24N2O4S. The molecule has 0 radical (unpaired) electrons. The summed E-state index contributed by atoms with van der Waals surface area (Å²) in [7, 11) is -0.310. The monoisotopic (exact) mass is 340 g/mol. The molecule has 7 heteroatoms. The highest BCUT2D eigenvalue weighted by Crippen LogP contribution is 2.18. The molecule has 0 saturated carbocycles. The van der Waals surface area contributed by atoms with Crippen LogP contribution >= 0.6 is 0 Å². The van der Waals surface area contributed by atoms with E-state index in [2.05, 4.69) is 5.32 Å². The number of ether oxygens (including phenoxy) is 1. The van der Waals surface area contributed by atoms with Crippen LogP contribution in [0.15, 0.2) is 18.2 Å². The molecule has 1 saturated heterocycles. The maximum absolute atomic E-state index is 12.4. The minimum atomic E-state index is -3.33. The second kappa shape index (κ2) is 6.98. The molecule has 1 aromatic carbocycles. The third kappa shape index (κ3) is 4.31. The van der Waals surface area contributed by atoms with Gasteiger partial charge in [-0.2, -0.15) is 0 Å². The number of carbonyl (C=O) groups excluding carboxylic acids is 1. The summed E-state index contributed by atoms with van der Waals surface area (Å²) in [5, 5.41) is 2.91. The zero-order valence-corrected chi connectivity index (χ0v) is 14.8. The normalized spacial score (nSPS) is 21.6. The first kappa shape index (κ1) is 17.9. The van der Waals surface area contributed by atoms with E-state index in [-0.39, 0.29) is 23.6 Å². The van der Waals surface area contributed by atoms with Gasteiger partial charge in [0.25, 0.3) is 5.91 Å². The molecule has 23 heavy (non-hydrogen) atoms. The molecule has 2 rings (SSSR count). The van der Waals surface area contributed by atoms with Crippen LogP contribution < -0.4 is 5.32 Å². The van der Waals surface area contributed by atoms with E-state index in [0.29, 0.717) is 18.8 Å². The molecule has 0 aromatic heterocycles. The van der Waals surface area contributed by atoms with Gasteiger partial charge in [-0.15, -0.1) is 0 Å². The average Bonchev–Trinajstić information content (AvgIpc) is 2.88. The third-order valence-corrected chi connectivity index (χ3v) is 6.23. The second-order valence-corrected chi connectivity index (χ2v) is 8.46. The minimum Gasteiger partial charge on any atom is -0.379 e. The Morgan fingerprint density at radius 3 is 2.57 bits per heavy atom. The molecule has 1 aromatic rings. The number of benzene rings is 1. The van der Waals surface area contributed by atoms with Crippen LogP contribution in [0, 0.1) is 19.8 Å². The summed E-state index contributed by atoms with van der Waals surface area (Å²) < 4.78 is 30.6. The van der Waals surface area contributed by atoms with Gasteiger partial charge in [0, 0.05) is 25.6 Å². The highest BCUT2D eigenvalue weighted by atomic mass is 32.2. The molecule has 1 heterocycles. The fourth-order valence-corrected chi connectivity index (χ4v) is 3.64. The SMILES string of the molecule is Cc1ccc(C(=O)N[C@@H]2COC[C@H]2CS(=O)(=O)N(C)C)cc1C. The second-order valence-electron chi connectivity index (χ2n) is 6.24. The average molecular weight is 340 g/mol. The third-order valence-electron chi connectivity index (χ3n) is 4.26. The molecule has 1 N–H and O–H groups in total. The number of nitrogens with one attached hydrogen (secondary N) is 1. The number of nitrogens with zero attached hydrogens (tertiary/aromatic N) is 1. The molecule has 6 nitrogen and oxygen atoms in total. The molecule has 128 valence electrons. The van der Waals surface area contributed by atoms with Gasteiger partial charge in [-0.1, -0.05) is 6.07 Å². The first-order valence-corrected chi connectivity index (χ1v) is 9.17. The van der Waals surface area contributed by atoms with Crippen molar-refractivity contribution in [3.8, 4) is 0 Å². The molecule has 0 bridgehead atoms. The Bertz CT molecular complexity index is 685. The van der Waals surface area contributed by atoms with Gasteiger partial charge in [0.15, 0.2) is 0 Å². The Morgan fingerprint density at radius 2 is 1.96 bits per heavy atom. The number of carbonyl (C=O) groups is 1. The molecular weight excluding hydrogens is 316 g/mol. The van der Waals surface area contributed by atoms with E-state index in [1.54, 1.807) is 6.07 Å². The number of rotatable bonds is 5. The van der Waals surface area contributed by atoms with E-state index in [0.717, 1.165) is 11.1 Å². The van der Waals surface area contributed by atoms with Gasteiger partial charge in [-0.3, -0.25) is 4.79 Å². The van der Waals surface area contributed by atoms with E-state index in [1.807, 2.05) is 26.0 Å². The molecule has 1 aliphatic rings. The topological polar surface area (TPSA) is 75.7 Å². The fraction of sp³-hybridized carbons (Fsp3) is 0.562. The van der Waals surface area contributed by atoms with Crippen molar-refractivity contribution in [3.05, 3.63) is 34.9 Å². The van der Waals surface area contributed by atoms with Crippen molar-refractivity contribution >= 4 is 15.9 Å². The van der Waals surface area contributed by atoms with Gasteiger partial charge in [-0.05, 0) is 37.1 Å². The van der Waals surface area contributed by atoms with Crippen molar-refractivity contribution in [1.29, 1.82) is 0 Å². The summed E-state index contributed by atoms with van der Waals surface area (Å²) >= 11 is 0. The van der Waals surface area contributed by atoms with Crippen molar-refractivity contribution in [2.75, 3.05) is 33.1 Å². The van der Waals surface area contributed by atoms with E-state index in [9.17, 15) is 13.2 Å². The van der Waals surface area contributed by atoms with Crippen LogP contribution in [0.2, 0.25) is 0 Å². The van der Waals surface area contributed by atoms with E-state index in [1.165, 1.54) is 18.4 Å². The van der Waals surface area contributed by atoms with Gasteiger partial charge in [0.1, 0.15) is 0 Å². The first-order chi connectivity index (χ1) is 10.7. The van der Waals surface area contributed by atoms with E-state index >= 15 is 0 Å². The van der Waals surface area contributed by atoms with Crippen LogP contribution in [0.4, 0.5) is 0 Å². The molecule has 2 atom stereocenters. The van der Waals surface area contributed by atoms with Crippen LogP contribution in [0.5, 0.6) is 0 Å². The Hall–Kier alpha value is -1.44. The number of sulfonamides is 1. The maximum Gasteiger partial charge on any atom is 0.251 e. The summed E-state index contributed by atoms with van der Waals surface area (Å²) in [5.41, 5.74) is 2.75. The standard InChI is InChI=1S/C16H24N2O4S/c1-11-5-6-13(7-12(11)2)16(19)17-15-9-22-8-14(15)10-23(20,21)18(3)4/h5-7,14-15H,8-10H2,1-4H3,(H,17,19)/t14-,15+/m0/s1. The van der Waals surface area contributed by atoms with E-state index < -0.39 is 10.0 Å². The van der Waals surface area contributed by atoms with Crippen LogP contribution in [0.25, 0.3) is 0 Å². The van der Waals surface area contributed by atoms with Crippen LogP contribution in [-0.4, -0.2) is 57.7 Å². The van der Waals surface area contributed by atoms with Crippen molar-refractivity contribution in [1.82, 2.24) is 9.62 Å². The lowest BCUT2D eigenvalue weighted by molar-refractivity contribution is 0.0926. The van der Waals surface area contributed by atoms with Crippen molar-refractivity contribution < 1.29 is 17.9 Å². The Balaban J connectivity index is 2.06. The summed E-state index contributed by atoms with van der Waals surface area (Å²) in [5.74, 6) is -0.466. The zero-order valence-electron chi connectivity index (χ0n) is 14.0. The predicted octanol–water partition coefficient (Wildman–Crippen LogP) is 0.940. The molecule has 0 aliphatic carbocycles. The Morgan fingerprint density at radius 1 is 1.26 bits per heavy atom. The maximum atomic E-state index is 12.4. The lowest BCUT2D eigenvalue weighted by Crippen LogP contribution is -2.43. The molecule has 0 spiro atoms. The van der Waals surface area contributed by atoms with Gasteiger partial charge in [0.05, 0.1) is 25.0 Å². The number of hydrogen-bond donors (Lipinski definition) is 1. The number of hydrogen-bond acceptors (Lipinski definition) is 4.